The first kappa shape index (κ1) is 12.2. The van der Waals surface area contributed by atoms with Gasteiger partial charge in [-0.2, -0.15) is 0 Å². The lowest BCUT2D eigenvalue weighted by Crippen LogP contribution is -2.33. The van der Waals surface area contributed by atoms with Crippen LogP contribution < -0.4 is 0 Å². The Morgan fingerprint density at radius 3 is 2.95 bits per heavy atom. The average Bonchev–Trinajstić information content (AvgIpc) is 2.85. The van der Waals surface area contributed by atoms with Crippen LogP contribution in [0.5, 0.6) is 0 Å². The maximum absolute atomic E-state index is 12.2. The summed E-state index contributed by atoms with van der Waals surface area (Å²) in [6.45, 7) is 3.33. The van der Waals surface area contributed by atoms with Gasteiger partial charge < -0.3 is 4.90 Å². The zero-order valence-corrected chi connectivity index (χ0v) is 11.4. The van der Waals surface area contributed by atoms with Gasteiger partial charge >= 0.3 is 0 Å². The van der Waals surface area contributed by atoms with Crippen molar-refractivity contribution in [1.82, 2.24) is 24.5 Å². The number of rotatable bonds is 1. The summed E-state index contributed by atoms with van der Waals surface area (Å²) in [5.74, 6) is -0.0489. The Labute approximate surface area is 114 Å². The molecule has 0 spiro atoms. The van der Waals surface area contributed by atoms with Gasteiger partial charge in [0.05, 0.1) is 0 Å². The van der Waals surface area contributed by atoms with Crippen LogP contribution in [0.2, 0.25) is 0 Å². The topological polar surface area (TPSA) is 71.9 Å². The predicted octanol–water partition coefficient (Wildman–Crippen LogP) is 0.878. The molecule has 0 aliphatic carbocycles. The van der Waals surface area contributed by atoms with Crippen molar-refractivity contribution in [2.24, 2.45) is 0 Å². The molecule has 1 amide bonds. The van der Waals surface area contributed by atoms with Gasteiger partial charge in [-0.05, 0) is 30.4 Å². The molecule has 0 saturated heterocycles. The molecule has 0 radical (unpaired) electrons. The van der Waals surface area contributed by atoms with Crippen molar-refractivity contribution in [2.75, 3.05) is 13.1 Å². The summed E-state index contributed by atoms with van der Waals surface area (Å²) in [7, 11) is 0. The van der Waals surface area contributed by atoms with Crippen LogP contribution in [0.1, 0.15) is 27.4 Å². The quantitative estimate of drug-likeness (QED) is 0.772. The van der Waals surface area contributed by atoms with E-state index in [-0.39, 0.29) is 5.91 Å². The van der Waals surface area contributed by atoms with Crippen molar-refractivity contribution in [3.63, 3.8) is 0 Å². The molecule has 0 N–H and O–H groups in total. The van der Waals surface area contributed by atoms with E-state index in [1.54, 1.807) is 11.7 Å². The van der Waals surface area contributed by atoms with Crippen molar-refractivity contribution in [1.29, 1.82) is 0 Å². The maximum atomic E-state index is 12.2. The number of hydrogen-bond donors (Lipinski definition) is 0. The van der Waals surface area contributed by atoms with Gasteiger partial charge in [-0.3, -0.25) is 4.79 Å². The number of carbonyl (C=O) groups is 1. The largest absolute Gasteiger partial charge is 0.337 e. The lowest BCUT2D eigenvalue weighted by atomic mass is 10.1. The highest BCUT2D eigenvalue weighted by molar-refractivity contribution is 7.03. The fourth-order valence-electron chi connectivity index (χ4n) is 2.31. The third kappa shape index (κ3) is 2.33. The van der Waals surface area contributed by atoms with Crippen molar-refractivity contribution in [3.05, 3.63) is 34.4 Å². The number of nitrogens with zero attached hydrogens (tertiary/aromatic N) is 5. The van der Waals surface area contributed by atoms with Crippen LogP contribution in [0, 0.1) is 6.92 Å². The van der Waals surface area contributed by atoms with E-state index in [4.69, 9.17) is 0 Å². The van der Waals surface area contributed by atoms with Crippen LogP contribution in [0.25, 0.3) is 0 Å². The van der Waals surface area contributed by atoms with Gasteiger partial charge in [-0.15, -0.1) is 5.10 Å². The van der Waals surface area contributed by atoms with Gasteiger partial charge in [-0.25, -0.2) is 9.97 Å². The van der Waals surface area contributed by atoms with Crippen molar-refractivity contribution >= 4 is 17.4 Å². The summed E-state index contributed by atoms with van der Waals surface area (Å²) in [5.41, 5.74) is 3.67. The molecule has 3 rings (SSSR count). The van der Waals surface area contributed by atoms with Crippen LogP contribution in [0.15, 0.2) is 11.7 Å². The molecule has 2 aromatic rings. The molecule has 0 unspecified atom stereocenters. The molecule has 3 heterocycles. The molecule has 0 saturated carbocycles. The van der Waals surface area contributed by atoms with E-state index < -0.39 is 0 Å². The summed E-state index contributed by atoms with van der Waals surface area (Å²) in [5, 5.41) is 5.52. The van der Waals surface area contributed by atoms with E-state index in [2.05, 4.69) is 19.6 Å². The Balaban J connectivity index is 1.80. The summed E-state index contributed by atoms with van der Waals surface area (Å²) in [6.07, 6.45) is 3.16. The molecular weight excluding hydrogens is 262 g/mol. The van der Waals surface area contributed by atoms with Crippen molar-refractivity contribution in [3.8, 4) is 0 Å². The van der Waals surface area contributed by atoms with E-state index >= 15 is 0 Å². The maximum Gasteiger partial charge on any atom is 0.275 e. The fourth-order valence-corrected chi connectivity index (χ4v) is 2.74. The molecule has 2 aromatic heterocycles. The zero-order chi connectivity index (χ0) is 13.2. The fraction of sp³-hybridized carbons (Fsp3) is 0.417. The van der Waals surface area contributed by atoms with Crippen LogP contribution in [0.4, 0.5) is 0 Å². The summed E-state index contributed by atoms with van der Waals surface area (Å²) < 4.78 is 3.74. The number of aromatic nitrogens is 4. The van der Waals surface area contributed by atoms with Crippen molar-refractivity contribution < 1.29 is 4.79 Å². The normalized spacial score (nSPS) is 14.9. The first-order valence-electron chi connectivity index (χ1n) is 6.11. The van der Waals surface area contributed by atoms with Crippen molar-refractivity contribution in [2.45, 2.75) is 19.8 Å². The van der Waals surface area contributed by atoms with Crippen LogP contribution in [-0.4, -0.2) is 43.5 Å². The standard InChI is InChI=1S/C12H13N5OS/c1-8-9-2-4-17(5-3-10(9)14-7-13-8)12(18)11-6-19-16-15-11/h6-7H,2-5H2,1H3. The van der Waals surface area contributed by atoms with Crippen LogP contribution in [-0.2, 0) is 12.8 Å². The molecule has 1 aliphatic heterocycles. The molecule has 0 aromatic carbocycles. The van der Waals surface area contributed by atoms with Gasteiger partial charge in [0.1, 0.15) is 6.33 Å². The lowest BCUT2D eigenvalue weighted by molar-refractivity contribution is 0.0757. The second-order valence-corrected chi connectivity index (χ2v) is 5.08. The molecule has 0 bridgehead atoms. The van der Waals surface area contributed by atoms with E-state index in [1.807, 2.05) is 11.8 Å². The molecule has 0 atom stereocenters. The van der Waals surface area contributed by atoms with Gasteiger partial charge in [0.2, 0.25) is 0 Å². The van der Waals surface area contributed by atoms with E-state index in [0.29, 0.717) is 18.8 Å². The second-order valence-electron chi connectivity index (χ2n) is 4.47. The van der Waals surface area contributed by atoms with E-state index in [9.17, 15) is 4.79 Å². The van der Waals surface area contributed by atoms with E-state index in [0.717, 1.165) is 24.2 Å². The molecule has 98 valence electrons. The number of aryl methyl sites for hydroxylation is 1. The van der Waals surface area contributed by atoms with Crippen LogP contribution >= 0.6 is 11.5 Å². The molecule has 19 heavy (non-hydrogen) atoms. The number of fused-ring (bicyclic) bond motifs is 1. The summed E-state index contributed by atoms with van der Waals surface area (Å²) in [4.78, 5) is 22.6. The van der Waals surface area contributed by atoms with Gasteiger partial charge in [-0.1, -0.05) is 4.49 Å². The predicted molar refractivity (Wildman–Crippen MR) is 70.0 cm³/mol. The monoisotopic (exact) mass is 275 g/mol. The Bertz CT molecular complexity index is 598. The minimum Gasteiger partial charge on any atom is -0.337 e. The Morgan fingerprint density at radius 1 is 1.32 bits per heavy atom. The molecule has 1 aliphatic rings. The minimum atomic E-state index is -0.0489. The smallest absolute Gasteiger partial charge is 0.275 e. The lowest BCUT2D eigenvalue weighted by Gasteiger charge is -2.18. The highest BCUT2D eigenvalue weighted by atomic mass is 32.1. The minimum absolute atomic E-state index is 0.0489. The molecule has 7 heteroatoms. The zero-order valence-electron chi connectivity index (χ0n) is 10.5. The number of hydrogen-bond acceptors (Lipinski definition) is 6. The Morgan fingerprint density at radius 2 is 2.16 bits per heavy atom. The Kier molecular flexibility index (Phi) is 3.20. The first-order chi connectivity index (χ1) is 9.25. The molecule has 6 nitrogen and oxygen atoms in total. The summed E-state index contributed by atoms with van der Waals surface area (Å²) in [6, 6.07) is 0. The average molecular weight is 275 g/mol. The van der Waals surface area contributed by atoms with Gasteiger partial charge in [0.15, 0.2) is 5.69 Å². The van der Waals surface area contributed by atoms with Gasteiger partial charge in [0, 0.05) is 36.3 Å². The third-order valence-electron chi connectivity index (χ3n) is 3.37. The van der Waals surface area contributed by atoms with Gasteiger partial charge in [0.25, 0.3) is 5.91 Å². The highest BCUT2D eigenvalue weighted by Crippen LogP contribution is 2.17. The third-order valence-corrected chi connectivity index (χ3v) is 3.87. The van der Waals surface area contributed by atoms with Crippen LogP contribution in [0.3, 0.4) is 0 Å². The first-order valence-corrected chi connectivity index (χ1v) is 6.95. The van der Waals surface area contributed by atoms with E-state index in [1.165, 1.54) is 17.1 Å². The number of carbonyl (C=O) groups excluding carboxylic acids is 1. The SMILES string of the molecule is Cc1ncnc2c1CCN(C(=O)c1csnn1)CC2. The number of amides is 1. The highest BCUT2D eigenvalue weighted by Gasteiger charge is 2.22. The molecule has 0 fully saturated rings. The molecular formula is C12H13N5OS. The Hall–Kier alpha value is -1.89. The second kappa shape index (κ2) is 5.00. The summed E-state index contributed by atoms with van der Waals surface area (Å²) >= 11 is 1.20.